The molecule has 0 amide bonds. The Bertz CT molecular complexity index is 738. The molecule has 3 rings (SSSR count). The fraction of sp³-hybridized carbons (Fsp3) is 0.476. The molecule has 1 fully saturated rings. The Hall–Kier alpha value is -2.11. The summed E-state index contributed by atoms with van der Waals surface area (Å²) in [6, 6.07) is 8.38. The first-order valence-electron chi connectivity index (χ1n) is 9.29. The highest BCUT2D eigenvalue weighted by Gasteiger charge is 2.33. The number of aliphatic hydroxyl groups is 1. The van der Waals surface area contributed by atoms with E-state index in [-0.39, 0.29) is 12.5 Å². The number of para-hydroxylation sites is 1. The molecule has 0 unspecified atom stereocenters. The van der Waals surface area contributed by atoms with Crippen molar-refractivity contribution in [3.63, 3.8) is 0 Å². The monoisotopic (exact) mass is 355 g/mol. The lowest BCUT2D eigenvalue weighted by atomic mass is 9.92. The number of rotatable bonds is 7. The Balaban J connectivity index is 1.64. The van der Waals surface area contributed by atoms with Crippen molar-refractivity contribution in [1.29, 1.82) is 0 Å². The molecular weight excluding hydrogens is 326 g/mol. The van der Waals surface area contributed by atoms with Crippen molar-refractivity contribution in [3.8, 4) is 5.75 Å². The minimum Gasteiger partial charge on any atom is -0.496 e. The first-order chi connectivity index (χ1) is 12.6. The molecule has 140 valence electrons. The summed E-state index contributed by atoms with van der Waals surface area (Å²) in [5.41, 5.74) is 2.32. The molecule has 2 atom stereocenters. The van der Waals surface area contributed by atoms with Crippen LogP contribution in [0.2, 0.25) is 0 Å². The van der Waals surface area contributed by atoms with Crippen LogP contribution in [0.4, 0.5) is 0 Å². The van der Waals surface area contributed by atoms with Crippen LogP contribution in [-0.4, -0.2) is 53.1 Å². The summed E-state index contributed by atoms with van der Waals surface area (Å²) >= 11 is 0. The van der Waals surface area contributed by atoms with Crippen LogP contribution in [0, 0.1) is 5.92 Å². The van der Waals surface area contributed by atoms with E-state index in [9.17, 15) is 5.11 Å². The molecule has 5 heteroatoms. The summed E-state index contributed by atoms with van der Waals surface area (Å²) < 4.78 is 7.39. The van der Waals surface area contributed by atoms with E-state index >= 15 is 0 Å². The maximum Gasteiger partial charge on any atom is 0.126 e. The van der Waals surface area contributed by atoms with Crippen LogP contribution in [0.5, 0.6) is 5.75 Å². The molecule has 1 aromatic heterocycles. The van der Waals surface area contributed by atoms with Gasteiger partial charge < -0.3 is 9.84 Å². The zero-order chi connectivity index (χ0) is 18.5. The van der Waals surface area contributed by atoms with Gasteiger partial charge in [-0.3, -0.25) is 9.58 Å². The van der Waals surface area contributed by atoms with Crippen molar-refractivity contribution in [2.75, 3.05) is 33.4 Å². The van der Waals surface area contributed by atoms with E-state index in [4.69, 9.17) is 4.74 Å². The van der Waals surface area contributed by atoms with Crippen LogP contribution in [0.15, 0.2) is 42.7 Å². The summed E-state index contributed by atoms with van der Waals surface area (Å²) in [5.74, 6) is 1.49. The summed E-state index contributed by atoms with van der Waals surface area (Å²) in [6.45, 7) is 7.19. The van der Waals surface area contributed by atoms with Crippen molar-refractivity contribution in [1.82, 2.24) is 14.7 Å². The van der Waals surface area contributed by atoms with Gasteiger partial charge in [-0.05, 0) is 25.5 Å². The SMILES string of the molecule is COc1ccccc1/C=C/CN1C[C@@H](CO)[C@H](c2cnn(C(C)C)c2)C1. The van der Waals surface area contributed by atoms with Crippen LogP contribution in [-0.2, 0) is 0 Å². The van der Waals surface area contributed by atoms with E-state index in [1.54, 1.807) is 7.11 Å². The smallest absolute Gasteiger partial charge is 0.126 e. The molecule has 0 saturated carbocycles. The first-order valence-corrected chi connectivity index (χ1v) is 9.29. The molecule has 26 heavy (non-hydrogen) atoms. The maximum absolute atomic E-state index is 9.81. The molecule has 2 heterocycles. The average Bonchev–Trinajstić information content (AvgIpc) is 3.29. The molecule has 2 aromatic rings. The van der Waals surface area contributed by atoms with Gasteiger partial charge in [0.15, 0.2) is 0 Å². The Kier molecular flexibility index (Phi) is 6.12. The largest absolute Gasteiger partial charge is 0.496 e. The second-order valence-corrected chi connectivity index (χ2v) is 7.26. The number of aromatic nitrogens is 2. The molecule has 1 aromatic carbocycles. The summed E-state index contributed by atoms with van der Waals surface area (Å²) in [4.78, 5) is 2.39. The average molecular weight is 355 g/mol. The number of hydrogen-bond donors (Lipinski definition) is 1. The number of hydrogen-bond acceptors (Lipinski definition) is 4. The molecule has 0 spiro atoms. The highest BCUT2D eigenvalue weighted by atomic mass is 16.5. The Labute approximate surface area is 155 Å². The van der Waals surface area contributed by atoms with Gasteiger partial charge in [-0.2, -0.15) is 5.10 Å². The van der Waals surface area contributed by atoms with Crippen molar-refractivity contribution in [3.05, 3.63) is 53.9 Å². The van der Waals surface area contributed by atoms with Gasteiger partial charge in [0, 0.05) is 55.9 Å². The molecule has 0 bridgehead atoms. The molecule has 1 saturated heterocycles. The zero-order valence-electron chi connectivity index (χ0n) is 15.9. The lowest BCUT2D eigenvalue weighted by molar-refractivity contribution is 0.217. The van der Waals surface area contributed by atoms with Gasteiger partial charge in [0.25, 0.3) is 0 Å². The number of likely N-dealkylation sites (tertiary alicyclic amines) is 1. The van der Waals surface area contributed by atoms with Crippen LogP contribution >= 0.6 is 0 Å². The Morgan fingerprint density at radius 3 is 2.81 bits per heavy atom. The molecule has 0 aliphatic carbocycles. The van der Waals surface area contributed by atoms with Gasteiger partial charge in [-0.15, -0.1) is 0 Å². The third-order valence-corrected chi connectivity index (χ3v) is 5.13. The van der Waals surface area contributed by atoms with E-state index in [0.717, 1.165) is 30.9 Å². The highest BCUT2D eigenvalue weighted by molar-refractivity contribution is 5.57. The molecule has 1 aliphatic heterocycles. The molecule has 5 nitrogen and oxygen atoms in total. The lowest BCUT2D eigenvalue weighted by Crippen LogP contribution is -2.21. The molecular formula is C21H29N3O2. The third kappa shape index (κ3) is 4.17. The van der Waals surface area contributed by atoms with Crippen molar-refractivity contribution in [2.45, 2.75) is 25.8 Å². The number of methoxy groups -OCH3 is 1. The Morgan fingerprint density at radius 2 is 2.12 bits per heavy atom. The first kappa shape index (κ1) is 18.7. The van der Waals surface area contributed by atoms with Crippen LogP contribution < -0.4 is 4.74 Å². The third-order valence-electron chi connectivity index (χ3n) is 5.13. The van der Waals surface area contributed by atoms with Gasteiger partial charge in [0.1, 0.15) is 5.75 Å². The predicted octanol–water partition coefficient (Wildman–Crippen LogP) is 3.19. The minimum absolute atomic E-state index is 0.213. The molecule has 1 N–H and O–H groups in total. The normalized spacial score (nSPS) is 21.1. The fourth-order valence-electron chi connectivity index (χ4n) is 3.63. The van der Waals surface area contributed by atoms with Crippen molar-refractivity contribution in [2.24, 2.45) is 5.92 Å². The minimum atomic E-state index is 0.213. The van der Waals surface area contributed by atoms with Crippen LogP contribution in [0.25, 0.3) is 6.08 Å². The van der Waals surface area contributed by atoms with Gasteiger partial charge in [-0.25, -0.2) is 0 Å². The maximum atomic E-state index is 9.81. The van der Waals surface area contributed by atoms with Crippen LogP contribution in [0.1, 0.15) is 36.9 Å². The lowest BCUT2D eigenvalue weighted by Gasteiger charge is -2.14. The molecule has 1 aliphatic rings. The van der Waals surface area contributed by atoms with Gasteiger partial charge in [0.05, 0.1) is 13.3 Å². The van der Waals surface area contributed by atoms with Gasteiger partial charge in [-0.1, -0.05) is 30.4 Å². The quantitative estimate of drug-likeness (QED) is 0.829. The second-order valence-electron chi connectivity index (χ2n) is 7.26. The highest BCUT2D eigenvalue weighted by Crippen LogP contribution is 2.32. The van der Waals surface area contributed by atoms with Gasteiger partial charge >= 0.3 is 0 Å². The van der Waals surface area contributed by atoms with Crippen LogP contribution in [0.3, 0.4) is 0 Å². The van der Waals surface area contributed by atoms with Gasteiger partial charge in [0.2, 0.25) is 0 Å². The van der Waals surface area contributed by atoms with Crippen molar-refractivity contribution >= 4 is 6.08 Å². The number of ether oxygens (including phenoxy) is 1. The summed E-state index contributed by atoms with van der Waals surface area (Å²) in [7, 11) is 1.70. The topological polar surface area (TPSA) is 50.5 Å². The molecule has 0 radical (unpaired) electrons. The van der Waals surface area contributed by atoms with Crippen molar-refractivity contribution < 1.29 is 9.84 Å². The fourth-order valence-corrected chi connectivity index (χ4v) is 3.63. The number of benzene rings is 1. The summed E-state index contributed by atoms with van der Waals surface area (Å²) in [6.07, 6.45) is 8.37. The second kappa shape index (κ2) is 8.52. The Morgan fingerprint density at radius 1 is 1.31 bits per heavy atom. The number of nitrogens with zero attached hydrogens (tertiary/aromatic N) is 3. The van der Waals surface area contributed by atoms with E-state index in [1.165, 1.54) is 5.56 Å². The predicted molar refractivity (Wildman–Crippen MR) is 104 cm³/mol. The summed E-state index contributed by atoms with van der Waals surface area (Å²) in [5, 5.41) is 14.3. The zero-order valence-corrected chi connectivity index (χ0v) is 15.9. The van der Waals surface area contributed by atoms with E-state index < -0.39 is 0 Å². The van der Waals surface area contributed by atoms with E-state index in [2.05, 4.69) is 48.3 Å². The number of aliphatic hydroxyl groups excluding tert-OH is 1. The standard InChI is InChI=1S/C21H29N3O2/c1-16(2)24-13-18(11-22-24)20-14-23(12-19(20)15-25)10-6-8-17-7-4-5-9-21(17)26-3/h4-9,11,13,16,19-20,25H,10,12,14-15H2,1-3H3/b8-6+/t19-,20-/m0/s1. The van der Waals surface area contributed by atoms with E-state index in [1.807, 2.05) is 29.1 Å². The van der Waals surface area contributed by atoms with E-state index in [0.29, 0.717) is 12.0 Å².